The fourth-order valence-electron chi connectivity index (χ4n) is 0.940. The van der Waals surface area contributed by atoms with Gasteiger partial charge in [-0.1, -0.05) is 20.8 Å². The molecule has 1 unspecified atom stereocenters. The van der Waals surface area contributed by atoms with Gasteiger partial charge < -0.3 is 14.3 Å². The molecule has 1 atom stereocenters. The third kappa shape index (κ3) is 4.20. The van der Waals surface area contributed by atoms with Crippen molar-refractivity contribution in [3.8, 4) is 5.75 Å². The molecule has 1 rings (SSSR count). The van der Waals surface area contributed by atoms with E-state index in [-0.39, 0.29) is 11.5 Å². The third-order valence-electron chi connectivity index (χ3n) is 2.43. The SMILES string of the molecule is CC(OB(O)Oc1ccncc1)C(C)(C)C. The fraction of sp³-hybridized carbons (Fsp3) is 0.545. The van der Waals surface area contributed by atoms with Gasteiger partial charge in [-0.25, -0.2) is 0 Å². The minimum Gasteiger partial charge on any atom is -0.512 e. The number of hydrogen-bond acceptors (Lipinski definition) is 4. The molecular weight excluding hydrogens is 205 g/mol. The minimum absolute atomic E-state index is 0.0391. The zero-order valence-corrected chi connectivity index (χ0v) is 10.2. The molecule has 1 aromatic heterocycles. The lowest BCUT2D eigenvalue weighted by Gasteiger charge is -2.28. The highest BCUT2D eigenvalue weighted by Gasteiger charge is 2.28. The Hall–Kier alpha value is -1.07. The second-order valence-electron chi connectivity index (χ2n) is 4.75. The van der Waals surface area contributed by atoms with Gasteiger partial charge in [-0.05, 0) is 24.5 Å². The molecule has 0 aliphatic rings. The maximum atomic E-state index is 9.57. The van der Waals surface area contributed by atoms with E-state index in [2.05, 4.69) is 4.98 Å². The van der Waals surface area contributed by atoms with Gasteiger partial charge in [0.2, 0.25) is 0 Å². The van der Waals surface area contributed by atoms with Crippen LogP contribution in [-0.2, 0) is 4.65 Å². The lowest BCUT2D eigenvalue weighted by molar-refractivity contribution is 0.0571. The van der Waals surface area contributed by atoms with Gasteiger partial charge in [0.05, 0.1) is 0 Å². The number of hydrogen-bond donors (Lipinski definition) is 1. The van der Waals surface area contributed by atoms with Gasteiger partial charge in [-0.15, -0.1) is 0 Å². The van der Waals surface area contributed by atoms with Gasteiger partial charge in [0.25, 0.3) is 0 Å². The van der Waals surface area contributed by atoms with Crippen molar-refractivity contribution >= 4 is 7.32 Å². The fourth-order valence-corrected chi connectivity index (χ4v) is 0.940. The van der Waals surface area contributed by atoms with Gasteiger partial charge in [0.1, 0.15) is 5.75 Å². The monoisotopic (exact) mass is 223 g/mol. The number of aromatic nitrogens is 1. The molecule has 0 fully saturated rings. The van der Waals surface area contributed by atoms with Crippen molar-refractivity contribution < 1.29 is 14.3 Å². The normalized spacial score (nSPS) is 13.3. The third-order valence-corrected chi connectivity index (χ3v) is 2.43. The highest BCUT2D eigenvalue weighted by molar-refractivity contribution is 6.35. The smallest absolute Gasteiger partial charge is 0.512 e. The van der Waals surface area contributed by atoms with Gasteiger partial charge >= 0.3 is 7.32 Å². The zero-order chi connectivity index (χ0) is 12.2. The van der Waals surface area contributed by atoms with Crippen LogP contribution in [0.25, 0.3) is 0 Å². The Labute approximate surface area is 96.8 Å². The average molecular weight is 223 g/mol. The van der Waals surface area contributed by atoms with E-state index in [1.165, 1.54) is 0 Å². The first-order valence-electron chi connectivity index (χ1n) is 5.30. The van der Waals surface area contributed by atoms with E-state index in [1.807, 2.05) is 27.7 Å². The minimum atomic E-state index is -1.25. The van der Waals surface area contributed by atoms with E-state index in [9.17, 15) is 5.02 Å². The maximum Gasteiger partial charge on any atom is 0.710 e. The number of nitrogens with zero attached hydrogens (tertiary/aromatic N) is 1. The summed E-state index contributed by atoms with van der Waals surface area (Å²) >= 11 is 0. The lowest BCUT2D eigenvalue weighted by Crippen LogP contribution is -2.36. The molecule has 0 saturated carbocycles. The Kier molecular flexibility index (Phi) is 4.32. The molecule has 1 aromatic rings. The van der Waals surface area contributed by atoms with E-state index in [0.717, 1.165) is 0 Å². The van der Waals surface area contributed by atoms with Crippen LogP contribution in [0.3, 0.4) is 0 Å². The van der Waals surface area contributed by atoms with Gasteiger partial charge in [-0.3, -0.25) is 4.98 Å². The Morgan fingerprint density at radius 1 is 1.31 bits per heavy atom. The quantitative estimate of drug-likeness (QED) is 0.792. The topological polar surface area (TPSA) is 51.6 Å². The van der Waals surface area contributed by atoms with E-state index in [0.29, 0.717) is 5.75 Å². The molecule has 1 N–H and O–H groups in total. The van der Waals surface area contributed by atoms with Crippen molar-refractivity contribution in [3.63, 3.8) is 0 Å². The Bertz CT molecular complexity index is 313. The summed E-state index contributed by atoms with van der Waals surface area (Å²) < 4.78 is 10.5. The summed E-state index contributed by atoms with van der Waals surface area (Å²) in [6, 6.07) is 3.32. The molecule has 0 aliphatic carbocycles. The Morgan fingerprint density at radius 3 is 2.38 bits per heavy atom. The summed E-state index contributed by atoms with van der Waals surface area (Å²) in [5.41, 5.74) is -0.0391. The predicted molar refractivity (Wildman–Crippen MR) is 62.8 cm³/mol. The molecule has 0 bridgehead atoms. The summed E-state index contributed by atoms with van der Waals surface area (Å²) in [6.07, 6.45) is 3.08. The van der Waals surface area contributed by atoms with Crippen molar-refractivity contribution in [1.29, 1.82) is 0 Å². The summed E-state index contributed by atoms with van der Waals surface area (Å²) in [5.74, 6) is 0.531. The van der Waals surface area contributed by atoms with E-state index >= 15 is 0 Å². The van der Waals surface area contributed by atoms with E-state index in [4.69, 9.17) is 9.31 Å². The molecule has 5 heteroatoms. The summed E-state index contributed by atoms with van der Waals surface area (Å²) in [7, 11) is -1.25. The molecule has 0 aliphatic heterocycles. The highest BCUT2D eigenvalue weighted by atomic mass is 16.7. The van der Waals surface area contributed by atoms with Gasteiger partial charge in [-0.2, -0.15) is 0 Å². The largest absolute Gasteiger partial charge is 0.710 e. The molecule has 0 amide bonds. The van der Waals surface area contributed by atoms with Crippen molar-refractivity contribution in [1.82, 2.24) is 4.98 Å². The molecule has 0 aromatic carbocycles. The molecule has 1 heterocycles. The molecular formula is C11H18BNO3. The molecule has 88 valence electrons. The predicted octanol–water partition coefficient (Wildman–Crippen LogP) is 1.89. The average Bonchev–Trinajstić information content (AvgIpc) is 2.17. The summed E-state index contributed by atoms with van der Waals surface area (Å²) in [6.45, 7) is 8.02. The van der Waals surface area contributed by atoms with Crippen LogP contribution >= 0.6 is 0 Å². The standard InChI is InChI=1S/C11H18BNO3/c1-9(11(2,3)4)15-12(14)16-10-5-7-13-8-6-10/h5-9,14H,1-4H3. The van der Waals surface area contributed by atoms with Gasteiger partial charge in [0.15, 0.2) is 0 Å². The lowest BCUT2D eigenvalue weighted by atomic mass is 9.89. The number of rotatable bonds is 4. The van der Waals surface area contributed by atoms with Crippen molar-refractivity contribution in [2.24, 2.45) is 5.41 Å². The zero-order valence-electron chi connectivity index (χ0n) is 10.2. The molecule has 0 saturated heterocycles. The second kappa shape index (κ2) is 5.32. The Balaban J connectivity index is 2.45. The highest BCUT2D eigenvalue weighted by Crippen LogP contribution is 2.22. The Morgan fingerprint density at radius 2 is 1.88 bits per heavy atom. The van der Waals surface area contributed by atoms with Crippen LogP contribution in [0.5, 0.6) is 5.75 Å². The van der Waals surface area contributed by atoms with Crippen LogP contribution in [-0.4, -0.2) is 23.4 Å². The van der Waals surface area contributed by atoms with Crippen LogP contribution < -0.4 is 4.65 Å². The van der Waals surface area contributed by atoms with E-state index < -0.39 is 7.32 Å². The summed E-state index contributed by atoms with van der Waals surface area (Å²) in [5, 5.41) is 9.57. The first-order valence-corrected chi connectivity index (χ1v) is 5.30. The van der Waals surface area contributed by atoms with E-state index in [1.54, 1.807) is 24.5 Å². The molecule has 0 radical (unpaired) electrons. The van der Waals surface area contributed by atoms with Crippen molar-refractivity contribution in [2.75, 3.05) is 0 Å². The maximum absolute atomic E-state index is 9.57. The molecule has 4 nitrogen and oxygen atoms in total. The second-order valence-corrected chi connectivity index (χ2v) is 4.75. The van der Waals surface area contributed by atoms with Crippen molar-refractivity contribution in [2.45, 2.75) is 33.8 Å². The van der Waals surface area contributed by atoms with Crippen LogP contribution in [0.4, 0.5) is 0 Å². The van der Waals surface area contributed by atoms with Gasteiger partial charge in [0, 0.05) is 18.5 Å². The van der Waals surface area contributed by atoms with Crippen LogP contribution in [0.15, 0.2) is 24.5 Å². The number of pyridine rings is 1. The summed E-state index contributed by atoms with van der Waals surface area (Å²) in [4.78, 5) is 3.85. The van der Waals surface area contributed by atoms with Crippen LogP contribution in [0.2, 0.25) is 0 Å². The van der Waals surface area contributed by atoms with Crippen LogP contribution in [0, 0.1) is 5.41 Å². The molecule has 0 spiro atoms. The first-order chi connectivity index (χ1) is 7.39. The van der Waals surface area contributed by atoms with Crippen molar-refractivity contribution in [3.05, 3.63) is 24.5 Å². The first kappa shape index (κ1) is 13.0. The molecule has 16 heavy (non-hydrogen) atoms. The van der Waals surface area contributed by atoms with Crippen LogP contribution in [0.1, 0.15) is 27.7 Å².